The van der Waals surface area contributed by atoms with Crippen molar-refractivity contribution < 1.29 is 23.6 Å². The summed E-state index contributed by atoms with van der Waals surface area (Å²) in [7, 11) is -1.82. The van der Waals surface area contributed by atoms with Gasteiger partial charge in [0.1, 0.15) is 24.0 Å². The summed E-state index contributed by atoms with van der Waals surface area (Å²) in [5.41, 5.74) is 0.503. The molecule has 2 aromatic rings. The van der Waals surface area contributed by atoms with Gasteiger partial charge in [-0.05, 0) is 41.4 Å². The zero-order chi connectivity index (χ0) is 15.4. The van der Waals surface area contributed by atoms with Gasteiger partial charge in [-0.3, -0.25) is 0 Å². The molecule has 2 N–H and O–H groups in total. The Morgan fingerprint density at radius 3 is 2.43 bits per heavy atom. The number of nitrogens with zero attached hydrogens (tertiary/aromatic N) is 1. The van der Waals surface area contributed by atoms with Gasteiger partial charge >= 0.3 is 7.12 Å². The van der Waals surface area contributed by atoms with E-state index in [0.29, 0.717) is 5.56 Å². The first-order chi connectivity index (χ1) is 9.97. The fraction of sp³-hybridized carbons (Fsp3) is 0.0714. The van der Waals surface area contributed by atoms with Crippen LogP contribution in [0.5, 0.6) is 5.75 Å². The molecule has 4 nitrogen and oxygen atoms in total. The van der Waals surface area contributed by atoms with Gasteiger partial charge < -0.3 is 14.8 Å². The van der Waals surface area contributed by atoms with Crippen molar-refractivity contribution in [1.29, 1.82) is 5.26 Å². The molecule has 0 unspecified atom stereocenters. The van der Waals surface area contributed by atoms with E-state index in [4.69, 9.17) is 20.0 Å². The molecule has 21 heavy (non-hydrogen) atoms. The maximum absolute atomic E-state index is 13.3. The summed E-state index contributed by atoms with van der Waals surface area (Å²) in [6, 6.07) is 8.85. The van der Waals surface area contributed by atoms with E-state index in [1.165, 1.54) is 18.2 Å². The van der Waals surface area contributed by atoms with Crippen LogP contribution in [0.25, 0.3) is 0 Å². The summed E-state index contributed by atoms with van der Waals surface area (Å²) >= 11 is 0. The smallest absolute Gasteiger partial charge is 0.488 e. The number of hydrogen-bond acceptors (Lipinski definition) is 4. The first-order valence-electron chi connectivity index (χ1n) is 5.97. The molecule has 2 rings (SSSR count). The van der Waals surface area contributed by atoms with Crippen LogP contribution in [0.3, 0.4) is 0 Å². The first-order valence-corrected chi connectivity index (χ1v) is 5.97. The Hall–Kier alpha value is -2.43. The standard InChI is InChI=1S/C14H10BF2NO3/c16-12-2-9(7-18)1-10(3-12)8-21-14-5-11(15(19)20)4-13(17)6-14/h1-6,19-20H,8H2. The fourth-order valence-electron chi connectivity index (χ4n) is 1.78. The molecule has 106 valence electrons. The van der Waals surface area contributed by atoms with Gasteiger partial charge in [0.05, 0.1) is 11.6 Å². The number of benzene rings is 2. The molecule has 0 radical (unpaired) electrons. The SMILES string of the molecule is N#Cc1cc(F)cc(COc2cc(F)cc(B(O)O)c2)c1. The number of rotatable bonds is 4. The molecule has 0 saturated heterocycles. The minimum Gasteiger partial charge on any atom is -0.489 e. The van der Waals surface area contributed by atoms with Gasteiger partial charge in [-0.15, -0.1) is 0 Å². The summed E-state index contributed by atoms with van der Waals surface area (Å²) in [5.74, 6) is -1.19. The maximum Gasteiger partial charge on any atom is 0.488 e. The van der Waals surface area contributed by atoms with E-state index in [1.54, 1.807) is 0 Å². The van der Waals surface area contributed by atoms with Crippen molar-refractivity contribution in [3.05, 3.63) is 59.2 Å². The second-order valence-electron chi connectivity index (χ2n) is 4.34. The Balaban J connectivity index is 2.17. The van der Waals surface area contributed by atoms with Gasteiger partial charge in [-0.1, -0.05) is 0 Å². The van der Waals surface area contributed by atoms with E-state index in [9.17, 15) is 8.78 Å². The Bertz CT molecular complexity index is 701. The van der Waals surface area contributed by atoms with E-state index >= 15 is 0 Å². The van der Waals surface area contributed by atoms with Gasteiger partial charge in [-0.25, -0.2) is 8.78 Å². The van der Waals surface area contributed by atoms with Crippen LogP contribution in [-0.4, -0.2) is 17.2 Å². The number of nitriles is 1. The zero-order valence-electron chi connectivity index (χ0n) is 10.8. The minimum atomic E-state index is -1.82. The summed E-state index contributed by atoms with van der Waals surface area (Å²) in [6.45, 7) is -0.0865. The fourth-order valence-corrected chi connectivity index (χ4v) is 1.78. The van der Waals surface area contributed by atoms with E-state index in [1.807, 2.05) is 6.07 Å². The van der Waals surface area contributed by atoms with Crippen molar-refractivity contribution >= 4 is 12.6 Å². The Morgan fingerprint density at radius 2 is 1.76 bits per heavy atom. The van der Waals surface area contributed by atoms with E-state index in [2.05, 4.69) is 0 Å². The van der Waals surface area contributed by atoms with Crippen molar-refractivity contribution in [1.82, 2.24) is 0 Å². The lowest BCUT2D eigenvalue weighted by molar-refractivity contribution is 0.304. The highest BCUT2D eigenvalue weighted by Gasteiger charge is 2.14. The summed E-state index contributed by atoms with van der Waals surface area (Å²) in [6.07, 6.45) is 0. The molecule has 0 aliphatic rings. The Labute approximate surface area is 120 Å². The predicted molar refractivity (Wildman–Crippen MR) is 71.7 cm³/mol. The van der Waals surface area contributed by atoms with Gasteiger partial charge in [0, 0.05) is 6.07 Å². The van der Waals surface area contributed by atoms with Gasteiger partial charge in [0.2, 0.25) is 0 Å². The summed E-state index contributed by atoms with van der Waals surface area (Å²) in [5, 5.41) is 26.8. The second-order valence-corrected chi connectivity index (χ2v) is 4.34. The highest BCUT2D eigenvalue weighted by Crippen LogP contribution is 2.15. The summed E-state index contributed by atoms with van der Waals surface area (Å²) < 4.78 is 31.8. The van der Waals surface area contributed by atoms with Gasteiger partial charge in [-0.2, -0.15) is 5.26 Å². The molecule has 0 spiro atoms. The highest BCUT2D eigenvalue weighted by atomic mass is 19.1. The van der Waals surface area contributed by atoms with Crippen LogP contribution >= 0.6 is 0 Å². The maximum atomic E-state index is 13.3. The normalized spacial score (nSPS) is 10.0. The molecule has 0 heterocycles. The molecule has 0 atom stereocenters. The quantitative estimate of drug-likeness (QED) is 0.826. The highest BCUT2D eigenvalue weighted by molar-refractivity contribution is 6.58. The second kappa shape index (κ2) is 6.35. The molecule has 0 amide bonds. The van der Waals surface area contributed by atoms with Crippen LogP contribution in [0, 0.1) is 23.0 Å². The molecule has 0 saturated carbocycles. The molecule has 0 aliphatic carbocycles. The molecule has 2 aromatic carbocycles. The minimum absolute atomic E-state index is 0.0537. The van der Waals surface area contributed by atoms with E-state index in [-0.39, 0.29) is 23.4 Å². The van der Waals surface area contributed by atoms with Crippen molar-refractivity contribution in [2.24, 2.45) is 0 Å². The molecule has 0 bridgehead atoms. The van der Waals surface area contributed by atoms with Crippen molar-refractivity contribution in [2.75, 3.05) is 0 Å². The number of ether oxygens (including phenoxy) is 1. The lowest BCUT2D eigenvalue weighted by Crippen LogP contribution is -2.30. The van der Waals surface area contributed by atoms with Gasteiger partial charge in [0.25, 0.3) is 0 Å². The molecule has 7 heteroatoms. The molecular formula is C14H10BF2NO3. The molecule has 0 aromatic heterocycles. The number of halogens is 2. The third-order valence-electron chi connectivity index (χ3n) is 2.68. The van der Waals surface area contributed by atoms with E-state index in [0.717, 1.165) is 18.2 Å². The van der Waals surface area contributed by atoms with Crippen molar-refractivity contribution in [3.63, 3.8) is 0 Å². The van der Waals surface area contributed by atoms with E-state index < -0.39 is 18.8 Å². The van der Waals surface area contributed by atoms with Crippen LogP contribution in [0.4, 0.5) is 8.78 Å². The van der Waals surface area contributed by atoms with Crippen LogP contribution < -0.4 is 10.2 Å². The van der Waals surface area contributed by atoms with Crippen LogP contribution in [-0.2, 0) is 6.61 Å². The Morgan fingerprint density at radius 1 is 1.05 bits per heavy atom. The molecule has 0 fully saturated rings. The number of hydrogen-bond donors (Lipinski definition) is 2. The van der Waals surface area contributed by atoms with Crippen molar-refractivity contribution in [2.45, 2.75) is 6.61 Å². The lowest BCUT2D eigenvalue weighted by Gasteiger charge is -2.09. The predicted octanol–water partition coefficient (Wildman–Crippen LogP) is 1.10. The Kier molecular flexibility index (Phi) is 4.53. The van der Waals surface area contributed by atoms with Crippen LogP contribution in [0.15, 0.2) is 36.4 Å². The third-order valence-corrected chi connectivity index (χ3v) is 2.68. The van der Waals surface area contributed by atoms with Crippen molar-refractivity contribution in [3.8, 4) is 11.8 Å². The average molecular weight is 289 g/mol. The van der Waals surface area contributed by atoms with Gasteiger partial charge in [0.15, 0.2) is 0 Å². The largest absolute Gasteiger partial charge is 0.489 e. The monoisotopic (exact) mass is 289 g/mol. The molecule has 0 aliphatic heterocycles. The first kappa shape index (κ1) is 15.0. The summed E-state index contributed by atoms with van der Waals surface area (Å²) in [4.78, 5) is 0. The lowest BCUT2D eigenvalue weighted by atomic mass is 9.80. The zero-order valence-corrected chi connectivity index (χ0v) is 10.8. The third kappa shape index (κ3) is 4.02. The van der Waals surface area contributed by atoms with Crippen LogP contribution in [0.2, 0.25) is 0 Å². The average Bonchev–Trinajstić information content (AvgIpc) is 2.44. The molecular weight excluding hydrogens is 279 g/mol. The van der Waals surface area contributed by atoms with Crippen LogP contribution in [0.1, 0.15) is 11.1 Å². The topological polar surface area (TPSA) is 73.5 Å².